The lowest BCUT2D eigenvalue weighted by Gasteiger charge is -2.20. The van der Waals surface area contributed by atoms with E-state index in [1.807, 2.05) is 65.1 Å². The molecular weight excluding hydrogens is 405 g/mol. The summed E-state index contributed by atoms with van der Waals surface area (Å²) in [5, 5.41) is 1.20. The van der Waals surface area contributed by atoms with Gasteiger partial charge in [-0.25, -0.2) is 4.98 Å². The van der Waals surface area contributed by atoms with Gasteiger partial charge in [0.15, 0.2) is 0 Å². The zero-order valence-electron chi connectivity index (χ0n) is 17.5. The van der Waals surface area contributed by atoms with Crippen molar-refractivity contribution in [3.8, 4) is 5.88 Å². The average molecular weight is 434 g/mol. The van der Waals surface area contributed by atoms with Crippen molar-refractivity contribution in [1.82, 2.24) is 15.0 Å². The highest BCUT2D eigenvalue weighted by Crippen LogP contribution is 2.49. The fourth-order valence-corrected chi connectivity index (χ4v) is 4.40. The highest BCUT2D eigenvalue weighted by atomic mass is 32.5. The van der Waals surface area contributed by atoms with Crippen LogP contribution in [0.25, 0.3) is 10.9 Å². The quantitative estimate of drug-likeness (QED) is 0.435. The maximum absolute atomic E-state index is 5.68. The molecule has 0 fully saturated rings. The third kappa shape index (κ3) is 7.44. The number of rotatable bonds is 7. The molecule has 0 aliphatic carbocycles. The van der Waals surface area contributed by atoms with E-state index in [0.717, 1.165) is 17.0 Å². The monoisotopic (exact) mass is 433 g/mol. The Morgan fingerprint density at radius 1 is 1.00 bits per heavy atom. The van der Waals surface area contributed by atoms with Gasteiger partial charge in [0.2, 0.25) is 5.88 Å². The topological polar surface area (TPSA) is 66.4 Å². The number of aromatic nitrogens is 3. The van der Waals surface area contributed by atoms with Gasteiger partial charge in [0.25, 0.3) is 0 Å². The number of nitrogens with zero attached hydrogens (tertiary/aromatic N) is 3. The standard InChI is InChI=1S/C12H21N2O3PS.C9H7N/c1-6-15-18(19,16-7-2)17-11-8-10(5)13-12(14-11)9(3)4;1-2-6-9-8(4-1)5-3-7-10-9/h8-9H,6-7H2,1-5H3;1-7H. The van der Waals surface area contributed by atoms with Gasteiger partial charge >= 0.3 is 6.72 Å². The molecule has 0 aliphatic rings. The van der Waals surface area contributed by atoms with E-state index in [2.05, 4.69) is 27.1 Å². The molecule has 0 saturated carbocycles. The third-order valence-corrected chi connectivity index (χ3v) is 6.07. The highest BCUT2D eigenvalue weighted by Gasteiger charge is 2.22. The third-order valence-electron chi connectivity index (χ3n) is 3.66. The lowest BCUT2D eigenvalue weighted by molar-refractivity contribution is 0.215. The number of aryl methyl sites for hydroxylation is 1. The summed E-state index contributed by atoms with van der Waals surface area (Å²) in [4.78, 5) is 12.9. The summed E-state index contributed by atoms with van der Waals surface area (Å²) in [6.07, 6.45) is 1.81. The first-order chi connectivity index (χ1) is 13.9. The summed E-state index contributed by atoms with van der Waals surface area (Å²) >= 11 is 5.32. The number of hydrogen-bond donors (Lipinski definition) is 0. The van der Waals surface area contributed by atoms with Gasteiger partial charge in [-0.15, -0.1) is 0 Å². The zero-order chi connectivity index (χ0) is 21.3. The Morgan fingerprint density at radius 3 is 2.28 bits per heavy atom. The van der Waals surface area contributed by atoms with E-state index >= 15 is 0 Å². The van der Waals surface area contributed by atoms with Crippen LogP contribution >= 0.6 is 6.72 Å². The summed E-state index contributed by atoms with van der Waals surface area (Å²) in [6.45, 7) is 7.78. The Hall–Kier alpha value is -1.92. The van der Waals surface area contributed by atoms with Crippen LogP contribution in [-0.2, 0) is 20.9 Å². The Kier molecular flexibility index (Phi) is 9.11. The normalized spacial score (nSPS) is 11.2. The van der Waals surface area contributed by atoms with Crippen molar-refractivity contribution in [3.05, 3.63) is 60.2 Å². The molecule has 0 bridgehead atoms. The molecule has 0 saturated heterocycles. The molecule has 2 aromatic heterocycles. The molecule has 3 aromatic rings. The molecule has 0 amide bonds. The molecule has 0 atom stereocenters. The molecule has 0 aliphatic heterocycles. The number of para-hydroxylation sites is 1. The van der Waals surface area contributed by atoms with Gasteiger partial charge < -0.3 is 4.52 Å². The van der Waals surface area contributed by atoms with Crippen molar-refractivity contribution in [2.75, 3.05) is 13.2 Å². The summed E-state index contributed by atoms with van der Waals surface area (Å²) < 4.78 is 16.6. The maximum atomic E-state index is 5.68. The second kappa shape index (κ2) is 11.3. The molecule has 3 rings (SSSR count). The molecule has 0 radical (unpaired) electrons. The summed E-state index contributed by atoms with van der Waals surface area (Å²) in [5.74, 6) is 1.37. The Balaban J connectivity index is 0.000000248. The van der Waals surface area contributed by atoms with Gasteiger partial charge in [-0.2, -0.15) is 4.98 Å². The van der Waals surface area contributed by atoms with Crippen LogP contribution in [0.3, 0.4) is 0 Å². The first kappa shape index (κ1) is 23.4. The maximum Gasteiger partial charge on any atom is 0.381 e. The van der Waals surface area contributed by atoms with Gasteiger partial charge in [0, 0.05) is 41.1 Å². The van der Waals surface area contributed by atoms with Crippen LogP contribution < -0.4 is 4.52 Å². The molecule has 29 heavy (non-hydrogen) atoms. The van der Waals surface area contributed by atoms with Crippen LogP contribution in [0.5, 0.6) is 5.88 Å². The second-order valence-corrected chi connectivity index (χ2v) is 9.37. The molecule has 1 aromatic carbocycles. The van der Waals surface area contributed by atoms with Crippen molar-refractivity contribution in [3.63, 3.8) is 0 Å². The minimum atomic E-state index is -2.77. The van der Waals surface area contributed by atoms with Crippen LogP contribution in [0, 0.1) is 6.92 Å². The second-order valence-electron chi connectivity index (χ2n) is 6.43. The van der Waals surface area contributed by atoms with Crippen molar-refractivity contribution < 1.29 is 13.6 Å². The van der Waals surface area contributed by atoms with E-state index in [1.54, 1.807) is 6.07 Å². The summed E-state index contributed by atoms with van der Waals surface area (Å²) in [7, 11) is 0. The van der Waals surface area contributed by atoms with Crippen LogP contribution in [0.2, 0.25) is 0 Å². The van der Waals surface area contributed by atoms with Crippen molar-refractivity contribution in [2.24, 2.45) is 0 Å². The first-order valence-corrected chi connectivity index (χ1v) is 12.2. The predicted molar refractivity (Wildman–Crippen MR) is 121 cm³/mol. The minimum absolute atomic E-state index is 0.222. The average Bonchev–Trinajstić information content (AvgIpc) is 2.68. The lowest BCUT2D eigenvalue weighted by atomic mass is 10.2. The largest absolute Gasteiger partial charge is 0.406 e. The molecule has 8 heteroatoms. The van der Waals surface area contributed by atoms with Crippen LogP contribution in [0.1, 0.15) is 45.1 Å². The minimum Gasteiger partial charge on any atom is -0.406 e. The van der Waals surface area contributed by atoms with Gasteiger partial charge in [-0.3, -0.25) is 14.0 Å². The van der Waals surface area contributed by atoms with Gasteiger partial charge in [-0.05, 0) is 32.9 Å². The smallest absolute Gasteiger partial charge is 0.381 e. The number of benzene rings is 1. The summed E-state index contributed by atoms with van der Waals surface area (Å²) in [6, 6.07) is 13.8. The number of hydrogen-bond acceptors (Lipinski definition) is 7. The molecular formula is C21H28N3O3PS. The Labute approximate surface area is 177 Å². The van der Waals surface area contributed by atoms with Gasteiger partial charge in [0.1, 0.15) is 5.82 Å². The molecule has 0 N–H and O–H groups in total. The molecule has 0 spiro atoms. The summed E-state index contributed by atoms with van der Waals surface area (Å²) in [5.41, 5.74) is 1.90. The Bertz CT molecular complexity index is 893. The molecule has 2 heterocycles. The van der Waals surface area contributed by atoms with Crippen LogP contribution in [-0.4, -0.2) is 28.2 Å². The highest BCUT2D eigenvalue weighted by molar-refractivity contribution is 8.07. The zero-order valence-corrected chi connectivity index (χ0v) is 19.2. The van der Waals surface area contributed by atoms with E-state index in [0.29, 0.717) is 19.1 Å². The van der Waals surface area contributed by atoms with E-state index in [4.69, 9.17) is 25.4 Å². The molecule has 6 nitrogen and oxygen atoms in total. The number of fused-ring (bicyclic) bond motifs is 1. The van der Waals surface area contributed by atoms with Crippen molar-refractivity contribution >= 4 is 29.4 Å². The van der Waals surface area contributed by atoms with Crippen molar-refractivity contribution in [2.45, 2.75) is 40.5 Å². The van der Waals surface area contributed by atoms with E-state index in [-0.39, 0.29) is 5.92 Å². The SMILES string of the molecule is CCOP(=S)(OCC)Oc1cc(C)nc(C(C)C)n1.c1ccc2ncccc2c1. The predicted octanol–water partition coefficient (Wildman–Crippen LogP) is 5.82. The van der Waals surface area contributed by atoms with E-state index in [1.165, 1.54) is 5.39 Å². The number of pyridine rings is 1. The van der Waals surface area contributed by atoms with Crippen LogP contribution in [0.15, 0.2) is 48.7 Å². The van der Waals surface area contributed by atoms with Gasteiger partial charge in [-0.1, -0.05) is 38.1 Å². The Morgan fingerprint density at radius 2 is 1.66 bits per heavy atom. The fourth-order valence-electron chi connectivity index (χ4n) is 2.40. The van der Waals surface area contributed by atoms with Gasteiger partial charge in [0.05, 0.1) is 18.7 Å². The fraction of sp³-hybridized carbons (Fsp3) is 0.381. The van der Waals surface area contributed by atoms with E-state index < -0.39 is 6.72 Å². The van der Waals surface area contributed by atoms with Crippen LogP contribution in [0.4, 0.5) is 0 Å². The first-order valence-electron chi connectivity index (χ1n) is 9.61. The lowest BCUT2D eigenvalue weighted by Crippen LogP contribution is -2.06. The molecule has 0 unspecified atom stereocenters. The van der Waals surface area contributed by atoms with Crippen molar-refractivity contribution in [1.29, 1.82) is 0 Å². The molecule has 156 valence electrons. The van der Waals surface area contributed by atoms with E-state index in [9.17, 15) is 0 Å².